The minimum absolute atomic E-state index is 0.605. The lowest BCUT2D eigenvalue weighted by Gasteiger charge is -2.10. The Labute approximate surface area is 396 Å². The Morgan fingerprint density at radius 2 is 0.623 bits per heavy atom. The predicted octanol–water partition coefficient (Wildman–Crippen LogP) is 16.3. The molecule has 0 saturated heterocycles. The highest BCUT2D eigenvalue weighted by Gasteiger charge is 2.19. The summed E-state index contributed by atoms with van der Waals surface area (Å²) in [6.45, 7) is 0. The van der Waals surface area contributed by atoms with Crippen molar-refractivity contribution in [2.45, 2.75) is 0 Å². The maximum Gasteiger partial charge on any atom is 0.164 e. The van der Waals surface area contributed by atoms with Gasteiger partial charge in [-0.2, -0.15) is 0 Å². The molecule has 69 heavy (non-hydrogen) atoms. The van der Waals surface area contributed by atoms with Crippen molar-refractivity contribution in [1.29, 1.82) is 0 Å². The predicted molar refractivity (Wildman–Crippen MR) is 283 cm³/mol. The summed E-state index contributed by atoms with van der Waals surface area (Å²) in [6.07, 6.45) is 0. The van der Waals surface area contributed by atoms with E-state index in [1.807, 2.05) is 72.8 Å². The summed E-state index contributed by atoms with van der Waals surface area (Å²) < 4.78 is 11.2. The summed E-state index contributed by atoms with van der Waals surface area (Å²) in [6, 6.07) is 83.6. The largest absolute Gasteiger partial charge is 0.456 e. The molecule has 4 heterocycles. The van der Waals surface area contributed by atoms with Crippen LogP contribution >= 0.6 is 0 Å². The molecule has 14 rings (SSSR count). The second-order valence-electron chi connectivity index (χ2n) is 17.6. The van der Waals surface area contributed by atoms with Gasteiger partial charge >= 0.3 is 0 Å². The number of para-hydroxylation sites is 3. The average molecular weight is 882 g/mol. The zero-order chi connectivity index (χ0) is 45.4. The van der Waals surface area contributed by atoms with E-state index >= 15 is 0 Å². The second-order valence-corrected chi connectivity index (χ2v) is 17.6. The van der Waals surface area contributed by atoms with Crippen LogP contribution in [0.1, 0.15) is 0 Å². The minimum atomic E-state index is 0.605. The number of furan rings is 1. The Bertz CT molecular complexity index is 4230. The van der Waals surface area contributed by atoms with Crippen LogP contribution in [-0.4, -0.2) is 24.1 Å². The molecule has 0 aliphatic rings. The van der Waals surface area contributed by atoms with Crippen molar-refractivity contribution in [3.63, 3.8) is 0 Å². The summed E-state index contributed by atoms with van der Waals surface area (Å²) in [5.41, 5.74) is 15.9. The molecule has 322 valence electrons. The smallest absolute Gasteiger partial charge is 0.164 e. The van der Waals surface area contributed by atoms with Gasteiger partial charge in [-0.3, -0.25) is 0 Å². The average Bonchev–Trinajstić information content (AvgIpc) is 4.08. The molecule has 6 heteroatoms. The van der Waals surface area contributed by atoms with Gasteiger partial charge in [-0.25, -0.2) is 15.0 Å². The van der Waals surface area contributed by atoms with Gasteiger partial charge in [0.25, 0.3) is 0 Å². The van der Waals surface area contributed by atoms with Gasteiger partial charge in [0.15, 0.2) is 17.5 Å². The van der Waals surface area contributed by atoms with Crippen LogP contribution in [0.5, 0.6) is 0 Å². The molecule has 0 atom stereocenters. The van der Waals surface area contributed by atoms with Gasteiger partial charge in [0.2, 0.25) is 0 Å². The third-order valence-electron chi connectivity index (χ3n) is 13.6. The molecule has 0 N–H and O–H groups in total. The van der Waals surface area contributed by atoms with Gasteiger partial charge in [0.1, 0.15) is 11.2 Å². The number of benzene rings is 10. The topological polar surface area (TPSA) is 61.7 Å². The molecule has 0 unspecified atom stereocenters. The first-order valence-corrected chi connectivity index (χ1v) is 23.3. The van der Waals surface area contributed by atoms with Crippen LogP contribution in [0.4, 0.5) is 0 Å². The number of hydrogen-bond donors (Lipinski definition) is 0. The van der Waals surface area contributed by atoms with E-state index in [2.05, 4.69) is 173 Å². The second kappa shape index (κ2) is 15.6. The lowest BCUT2D eigenvalue weighted by atomic mass is 9.99. The lowest BCUT2D eigenvalue weighted by molar-refractivity contribution is 0.669. The molecule has 0 spiro atoms. The van der Waals surface area contributed by atoms with Crippen LogP contribution in [0.25, 0.3) is 133 Å². The first-order chi connectivity index (χ1) is 34.2. The molecular formula is C63H39N5O. The zero-order valence-electron chi connectivity index (χ0n) is 37.2. The van der Waals surface area contributed by atoms with Gasteiger partial charge in [-0.1, -0.05) is 146 Å². The monoisotopic (exact) mass is 881 g/mol. The van der Waals surface area contributed by atoms with E-state index < -0.39 is 0 Å². The highest BCUT2D eigenvalue weighted by Crippen LogP contribution is 2.41. The fourth-order valence-electron chi connectivity index (χ4n) is 10.3. The molecule has 0 fully saturated rings. The molecule has 4 aromatic heterocycles. The maximum absolute atomic E-state index is 6.46. The highest BCUT2D eigenvalue weighted by molar-refractivity contribution is 6.14. The van der Waals surface area contributed by atoms with Gasteiger partial charge in [-0.05, 0) is 113 Å². The number of fused-ring (bicyclic) bond motifs is 9. The van der Waals surface area contributed by atoms with Crippen LogP contribution in [0.2, 0.25) is 0 Å². The number of aromatic nitrogens is 5. The van der Waals surface area contributed by atoms with E-state index in [4.69, 9.17) is 19.4 Å². The normalized spacial score (nSPS) is 11.8. The Morgan fingerprint density at radius 1 is 0.246 bits per heavy atom. The fraction of sp³-hybridized carbons (Fsp3) is 0. The van der Waals surface area contributed by atoms with E-state index in [1.165, 1.54) is 43.7 Å². The van der Waals surface area contributed by atoms with Crippen molar-refractivity contribution in [2.24, 2.45) is 0 Å². The van der Waals surface area contributed by atoms with Gasteiger partial charge < -0.3 is 13.6 Å². The van der Waals surface area contributed by atoms with Crippen molar-refractivity contribution in [3.05, 3.63) is 237 Å². The number of hydrogen-bond acceptors (Lipinski definition) is 4. The van der Waals surface area contributed by atoms with E-state index in [1.54, 1.807) is 0 Å². The maximum atomic E-state index is 6.46. The van der Waals surface area contributed by atoms with Gasteiger partial charge in [-0.15, -0.1) is 0 Å². The van der Waals surface area contributed by atoms with E-state index in [0.717, 1.165) is 72.2 Å². The minimum Gasteiger partial charge on any atom is -0.456 e. The van der Waals surface area contributed by atoms with E-state index in [-0.39, 0.29) is 0 Å². The van der Waals surface area contributed by atoms with Crippen molar-refractivity contribution < 1.29 is 4.42 Å². The van der Waals surface area contributed by atoms with Gasteiger partial charge in [0, 0.05) is 60.4 Å². The molecule has 6 nitrogen and oxygen atoms in total. The van der Waals surface area contributed by atoms with Crippen molar-refractivity contribution in [1.82, 2.24) is 24.1 Å². The molecule has 0 saturated carbocycles. The van der Waals surface area contributed by atoms with E-state index in [0.29, 0.717) is 17.5 Å². The van der Waals surface area contributed by atoms with Crippen LogP contribution in [-0.2, 0) is 0 Å². The molecule has 0 aliphatic heterocycles. The lowest BCUT2D eigenvalue weighted by Crippen LogP contribution is -2.00. The zero-order valence-corrected chi connectivity index (χ0v) is 37.2. The Balaban J connectivity index is 0.888. The Morgan fingerprint density at radius 3 is 1.19 bits per heavy atom. The highest BCUT2D eigenvalue weighted by atomic mass is 16.3. The van der Waals surface area contributed by atoms with Crippen LogP contribution < -0.4 is 0 Å². The van der Waals surface area contributed by atoms with Crippen molar-refractivity contribution in [2.75, 3.05) is 0 Å². The molecule has 0 amide bonds. The SMILES string of the molecule is c1ccc(-c2nc(-c3ccccc3)nc(-c3ccc4oc5ccc(-c6ccc7c8cc(-c9ccc%10c(c9)c9ccccc9n%10-c9ccccc9)ccc8n(-c8ccccc8)c7c6)cc5c4c3)n2)cc1. The van der Waals surface area contributed by atoms with Crippen molar-refractivity contribution in [3.8, 4) is 67.8 Å². The van der Waals surface area contributed by atoms with Crippen LogP contribution in [0.15, 0.2) is 241 Å². The summed E-state index contributed by atoms with van der Waals surface area (Å²) in [4.78, 5) is 14.9. The molecule has 0 bridgehead atoms. The third kappa shape index (κ3) is 6.45. The molecule has 0 aliphatic carbocycles. The first kappa shape index (κ1) is 38.8. The molecule has 0 radical (unpaired) electrons. The van der Waals surface area contributed by atoms with Crippen LogP contribution in [0.3, 0.4) is 0 Å². The quantitative estimate of drug-likeness (QED) is 0.160. The summed E-state index contributed by atoms with van der Waals surface area (Å²) in [7, 11) is 0. The number of nitrogens with zero attached hydrogens (tertiary/aromatic N) is 5. The van der Waals surface area contributed by atoms with E-state index in [9.17, 15) is 0 Å². The summed E-state index contributed by atoms with van der Waals surface area (Å²) in [5.74, 6) is 1.86. The fourth-order valence-corrected chi connectivity index (χ4v) is 10.3. The van der Waals surface area contributed by atoms with Gasteiger partial charge in [0.05, 0.1) is 22.1 Å². The molecule has 14 aromatic rings. The number of rotatable bonds is 7. The summed E-state index contributed by atoms with van der Waals surface area (Å²) in [5, 5.41) is 6.92. The van der Waals surface area contributed by atoms with Crippen molar-refractivity contribution >= 4 is 65.6 Å². The molecular weight excluding hydrogens is 843 g/mol. The Kier molecular flexibility index (Phi) is 8.79. The standard InChI is InChI=1S/C63H39N5O/c1-5-15-40(16-6-1)61-64-62(41-17-7-2-8-18-41)66-63(65-61)46-29-34-60-54(38-46)53-37-44(28-33-59(53)69-60)45-25-30-50-52-36-43(27-32-57(52)68(58(50)39-45)48-21-11-4-12-22-48)42-26-31-56-51(35-42)49-23-13-14-24-55(49)67(56)47-19-9-3-10-20-47/h1-39H. The molecule has 10 aromatic carbocycles. The first-order valence-electron chi connectivity index (χ1n) is 23.3. The third-order valence-corrected chi connectivity index (χ3v) is 13.6. The van der Waals surface area contributed by atoms with Crippen LogP contribution in [0, 0.1) is 0 Å². The Hall–Kier alpha value is -9.39. The summed E-state index contributed by atoms with van der Waals surface area (Å²) >= 11 is 0.